The van der Waals surface area contributed by atoms with Gasteiger partial charge in [0, 0.05) is 47.5 Å². The van der Waals surface area contributed by atoms with Crippen LogP contribution in [0.1, 0.15) is 27.2 Å². The highest BCUT2D eigenvalue weighted by molar-refractivity contribution is 8.06. The lowest BCUT2D eigenvalue weighted by atomic mass is 9.54. The third-order valence-corrected chi connectivity index (χ3v) is 7.46. The Hall–Kier alpha value is 0.0900. The Kier molecular flexibility index (Phi) is 5.32. The van der Waals surface area contributed by atoms with E-state index in [2.05, 4.69) is 5.32 Å². The second kappa shape index (κ2) is 6.46. The van der Waals surface area contributed by atoms with Crippen LogP contribution in [0.2, 0.25) is 0 Å². The zero-order chi connectivity index (χ0) is 14.8. The predicted octanol–water partition coefficient (Wildman–Crippen LogP) is 1.48. The molecule has 1 heterocycles. The minimum Gasteiger partial charge on any atom is -0.378 e. The average Bonchev–Trinajstić information content (AvgIpc) is 2.45. The highest BCUT2D eigenvalue weighted by atomic mass is 32.2. The first-order valence-corrected chi connectivity index (χ1v) is 9.50. The van der Waals surface area contributed by atoms with Gasteiger partial charge in [0.1, 0.15) is 5.54 Å². The topological polar surface area (TPSA) is 64.3 Å². The summed E-state index contributed by atoms with van der Waals surface area (Å²) < 4.78 is 5.67. The Morgan fingerprint density at radius 1 is 1.45 bits per heavy atom. The summed E-state index contributed by atoms with van der Waals surface area (Å²) in [6.07, 6.45) is 0.703. The molecule has 3 N–H and O–H groups in total. The van der Waals surface area contributed by atoms with Crippen molar-refractivity contribution in [2.75, 3.05) is 30.4 Å². The highest BCUT2D eigenvalue weighted by Gasteiger charge is 2.62. The number of nitrogens with one attached hydrogen (secondary N) is 1. The van der Waals surface area contributed by atoms with Crippen LogP contribution in [0.3, 0.4) is 0 Å². The van der Waals surface area contributed by atoms with Crippen molar-refractivity contribution in [3.05, 3.63) is 0 Å². The van der Waals surface area contributed by atoms with Crippen LogP contribution >= 0.6 is 23.5 Å². The van der Waals surface area contributed by atoms with E-state index in [1.807, 2.05) is 44.3 Å². The molecule has 0 aromatic heterocycles. The average molecular weight is 319 g/mol. The summed E-state index contributed by atoms with van der Waals surface area (Å²) in [7, 11) is 0. The molecular weight excluding hydrogens is 292 g/mol. The molecule has 2 aliphatic rings. The van der Waals surface area contributed by atoms with E-state index in [0.29, 0.717) is 18.3 Å². The number of hydrogen-bond donors (Lipinski definition) is 2. The molecule has 1 amide bonds. The second-order valence-corrected chi connectivity index (χ2v) is 8.68. The molecular formula is C14H26N2O2S2. The van der Waals surface area contributed by atoms with E-state index in [4.69, 9.17) is 10.5 Å². The first-order chi connectivity index (χ1) is 9.41. The number of nitrogens with two attached hydrogens (primary N) is 1. The fourth-order valence-corrected chi connectivity index (χ4v) is 5.45. The van der Waals surface area contributed by atoms with Gasteiger partial charge in [0.2, 0.25) is 5.91 Å². The first kappa shape index (κ1) is 16.5. The van der Waals surface area contributed by atoms with E-state index in [1.54, 1.807) is 0 Å². The Bertz CT molecular complexity index is 359. The van der Waals surface area contributed by atoms with Crippen LogP contribution in [0.5, 0.6) is 0 Å². The molecule has 4 nitrogen and oxygen atoms in total. The summed E-state index contributed by atoms with van der Waals surface area (Å²) in [5, 5.41) is 3.58. The van der Waals surface area contributed by atoms with Gasteiger partial charge in [0.05, 0.1) is 6.10 Å². The maximum absolute atomic E-state index is 12.4. The van der Waals surface area contributed by atoms with Gasteiger partial charge >= 0.3 is 0 Å². The van der Waals surface area contributed by atoms with Crippen molar-refractivity contribution in [2.24, 2.45) is 11.1 Å². The van der Waals surface area contributed by atoms with Crippen molar-refractivity contribution >= 4 is 29.4 Å². The Morgan fingerprint density at radius 3 is 2.75 bits per heavy atom. The van der Waals surface area contributed by atoms with Crippen LogP contribution in [0.25, 0.3) is 0 Å². The molecule has 0 bridgehead atoms. The fraction of sp³-hybridized carbons (Fsp3) is 0.929. The molecule has 0 spiro atoms. The molecule has 3 unspecified atom stereocenters. The number of carbonyl (C=O) groups is 1. The van der Waals surface area contributed by atoms with E-state index < -0.39 is 5.54 Å². The van der Waals surface area contributed by atoms with Crippen molar-refractivity contribution < 1.29 is 9.53 Å². The third kappa shape index (κ3) is 2.98. The van der Waals surface area contributed by atoms with E-state index in [-0.39, 0.29) is 17.4 Å². The summed E-state index contributed by atoms with van der Waals surface area (Å²) in [5.74, 6) is 3.50. The van der Waals surface area contributed by atoms with Gasteiger partial charge in [-0.05, 0) is 6.92 Å². The van der Waals surface area contributed by atoms with Crippen molar-refractivity contribution in [2.45, 2.75) is 44.1 Å². The largest absolute Gasteiger partial charge is 0.378 e. The molecule has 1 saturated carbocycles. The van der Waals surface area contributed by atoms with Gasteiger partial charge in [-0.25, -0.2) is 0 Å². The normalized spacial score (nSPS) is 36.2. The van der Waals surface area contributed by atoms with Crippen molar-refractivity contribution in [3.8, 4) is 0 Å². The lowest BCUT2D eigenvalue weighted by Crippen LogP contribution is -2.76. The molecule has 1 aliphatic heterocycles. The van der Waals surface area contributed by atoms with Gasteiger partial charge in [-0.2, -0.15) is 23.5 Å². The molecule has 0 radical (unpaired) electrons. The van der Waals surface area contributed by atoms with Crippen molar-refractivity contribution in [1.82, 2.24) is 5.32 Å². The maximum atomic E-state index is 12.4. The SMILES string of the molecule is CCOC1CC(N)(C(=O)NCC2CSCCS2)C1(C)C. The molecule has 20 heavy (non-hydrogen) atoms. The first-order valence-electron chi connectivity index (χ1n) is 7.30. The van der Waals surface area contributed by atoms with E-state index in [9.17, 15) is 4.79 Å². The van der Waals surface area contributed by atoms with Crippen molar-refractivity contribution in [1.29, 1.82) is 0 Å². The van der Waals surface area contributed by atoms with Gasteiger partial charge in [0.25, 0.3) is 0 Å². The summed E-state index contributed by atoms with van der Waals surface area (Å²) in [5.41, 5.74) is 5.26. The number of amides is 1. The molecule has 1 aliphatic carbocycles. The number of carbonyl (C=O) groups excluding carboxylic acids is 1. The zero-order valence-electron chi connectivity index (χ0n) is 12.6. The highest BCUT2D eigenvalue weighted by Crippen LogP contribution is 2.49. The third-order valence-electron chi connectivity index (χ3n) is 4.61. The predicted molar refractivity (Wildman–Crippen MR) is 87.3 cm³/mol. The van der Waals surface area contributed by atoms with Crippen LogP contribution in [0.4, 0.5) is 0 Å². The number of hydrogen-bond acceptors (Lipinski definition) is 5. The molecule has 0 aromatic rings. The van der Waals surface area contributed by atoms with Gasteiger partial charge in [-0.3, -0.25) is 4.79 Å². The lowest BCUT2D eigenvalue weighted by Gasteiger charge is -2.57. The smallest absolute Gasteiger partial charge is 0.240 e. The van der Waals surface area contributed by atoms with Crippen LogP contribution in [0.15, 0.2) is 0 Å². The van der Waals surface area contributed by atoms with Gasteiger partial charge < -0.3 is 15.8 Å². The van der Waals surface area contributed by atoms with Gasteiger partial charge in [-0.15, -0.1) is 0 Å². The summed E-state index contributed by atoms with van der Waals surface area (Å²) in [6.45, 7) is 7.43. The minimum absolute atomic E-state index is 0.0189. The van der Waals surface area contributed by atoms with E-state index in [1.165, 1.54) is 11.5 Å². The molecule has 6 heteroatoms. The second-order valence-electron chi connectivity index (χ2n) is 6.12. The lowest BCUT2D eigenvalue weighted by molar-refractivity contribution is -0.170. The standard InChI is InChI=1S/C14H26N2O2S2/c1-4-18-11-7-14(15,13(11,2)3)12(17)16-8-10-9-19-5-6-20-10/h10-11H,4-9,15H2,1-3H3,(H,16,17). The monoisotopic (exact) mass is 318 g/mol. The molecule has 116 valence electrons. The molecule has 0 aromatic carbocycles. The quantitative estimate of drug-likeness (QED) is 0.804. The zero-order valence-corrected chi connectivity index (χ0v) is 14.2. The molecule has 1 saturated heterocycles. The maximum Gasteiger partial charge on any atom is 0.240 e. The number of rotatable bonds is 5. The Morgan fingerprint density at radius 2 is 2.20 bits per heavy atom. The summed E-state index contributed by atoms with van der Waals surface area (Å²) >= 11 is 3.91. The summed E-state index contributed by atoms with van der Waals surface area (Å²) in [6, 6.07) is 0. The number of thioether (sulfide) groups is 2. The van der Waals surface area contributed by atoms with Crippen LogP contribution in [0, 0.1) is 5.41 Å². The molecule has 3 atom stereocenters. The molecule has 2 fully saturated rings. The van der Waals surface area contributed by atoms with Gasteiger partial charge in [-0.1, -0.05) is 13.8 Å². The van der Waals surface area contributed by atoms with Crippen LogP contribution < -0.4 is 11.1 Å². The van der Waals surface area contributed by atoms with Crippen molar-refractivity contribution in [3.63, 3.8) is 0 Å². The number of ether oxygens (including phenoxy) is 1. The summed E-state index contributed by atoms with van der Waals surface area (Å²) in [4.78, 5) is 12.4. The van der Waals surface area contributed by atoms with Crippen LogP contribution in [-0.2, 0) is 9.53 Å². The van der Waals surface area contributed by atoms with E-state index >= 15 is 0 Å². The Labute approximate surface area is 130 Å². The van der Waals surface area contributed by atoms with Gasteiger partial charge in [0.15, 0.2) is 0 Å². The fourth-order valence-electron chi connectivity index (χ4n) is 2.84. The van der Waals surface area contributed by atoms with E-state index in [0.717, 1.165) is 12.3 Å². The minimum atomic E-state index is -0.792. The molecule has 2 rings (SSSR count). The van der Waals surface area contributed by atoms with Crippen LogP contribution in [-0.4, -0.2) is 53.2 Å². The Balaban J connectivity index is 1.85.